The highest BCUT2D eigenvalue weighted by Gasteiger charge is 2.11. The molecule has 1 N–H and O–H groups in total. The molecule has 1 aromatic carbocycles. The van der Waals surface area contributed by atoms with E-state index in [-0.39, 0.29) is 17.4 Å². The number of anilines is 1. The van der Waals surface area contributed by atoms with Gasteiger partial charge in [0.15, 0.2) is 11.5 Å². The summed E-state index contributed by atoms with van der Waals surface area (Å²) in [5.74, 6) is -0.282. The van der Waals surface area contributed by atoms with Crippen LogP contribution in [-0.2, 0) is 11.2 Å². The van der Waals surface area contributed by atoms with Crippen LogP contribution in [0.5, 0.6) is 11.5 Å². The van der Waals surface area contributed by atoms with Crippen LogP contribution in [0.4, 0.5) is 13.9 Å². The van der Waals surface area contributed by atoms with Gasteiger partial charge in [-0.25, -0.2) is 0 Å². The highest BCUT2D eigenvalue weighted by atomic mass is 32.1. The van der Waals surface area contributed by atoms with Gasteiger partial charge in [0, 0.05) is 12.5 Å². The molecular formula is C18H21F2N3O3S. The largest absolute Gasteiger partial charge is 0.493 e. The van der Waals surface area contributed by atoms with Crippen LogP contribution in [0.25, 0.3) is 6.08 Å². The monoisotopic (exact) mass is 397 g/mol. The molecule has 2 aromatic rings. The lowest BCUT2D eigenvalue weighted by molar-refractivity contribution is -0.111. The van der Waals surface area contributed by atoms with E-state index in [0.29, 0.717) is 10.7 Å². The second kappa shape index (κ2) is 10.6. The first-order valence-electron chi connectivity index (χ1n) is 8.46. The second-order valence-corrected chi connectivity index (χ2v) is 6.63. The minimum absolute atomic E-state index is 0.0708. The molecule has 0 saturated carbocycles. The number of rotatable bonds is 10. The van der Waals surface area contributed by atoms with Crippen LogP contribution in [0.15, 0.2) is 24.3 Å². The van der Waals surface area contributed by atoms with Crippen molar-refractivity contribution in [3.05, 3.63) is 34.8 Å². The smallest absolute Gasteiger partial charge is 0.387 e. The number of alkyl halides is 2. The maximum atomic E-state index is 12.3. The summed E-state index contributed by atoms with van der Waals surface area (Å²) in [6, 6.07) is 4.40. The van der Waals surface area contributed by atoms with Gasteiger partial charge in [-0.05, 0) is 30.2 Å². The molecule has 0 atom stereocenters. The Morgan fingerprint density at radius 2 is 2.11 bits per heavy atom. The van der Waals surface area contributed by atoms with E-state index in [4.69, 9.17) is 4.74 Å². The number of benzene rings is 1. The Labute approximate surface area is 160 Å². The number of aromatic nitrogens is 2. The van der Waals surface area contributed by atoms with Gasteiger partial charge < -0.3 is 9.47 Å². The van der Waals surface area contributed by atoms with Crippen LogP contribution in [-0.4, -0.2) is 29.8 Å². The molecule has 1 heterocycles. The molecule has 2 rings (SSSR count). The third-order valence-electron chi connectivity index (χ3n) is 3.52. The lowest BCUT2D eigenvalue weighted by atomic mass is 10.2. The number of carbonyl (C=O) groups excluding carboxylic acids is 1. The van der Waals surface area contributed by atoms with E-state index in [1.54, 1.807) is 6.07 Å². The number of halogens is 2. The Morgan fingerprint density at radius 1 is 1.30 bits per heavy atom. The summed E-state index contributed by atoms with van der Waals surface area (Å²) < 4.78 is 34.0. The number of methoxy groups -OCH3 is 1. The third-order valence-corrected chi connectivity index (χ3v) is 4.42. The van der Waals surface area contributed by atoms with Crippen molar-refractivity contribution in [1.29, 1.82) is 0 Å². The summed E-state index contributed by atoms with van der Waals surface area (Å²) in [7, 11) is 1.35. The van der Waals surface area contributed by atoms with Crippen molar-refractivity contribution in [2.45, 2.75) is 39.2 Å². The zero-order chi connectivity index (χ0) is 19.6. The van der Waals surface area contributed by atoms with Crippen molar-refractivity contribution in [3.63, 3.8) is 0 Å². The molecule has 0 aliphatic rings. The van der Waals surface area contributed by atoms with Gasteiger partial charge in [-0.2, -0.15) is 8.78 Å². The maximum Gasteiger partial charge on any atom is 0.387 e. The molecule has 1 aromatic heterocycles. The minimum atomic E-state index is -2.94. The highest BCUT2D eigenvalue weighted by Crippen LogP contribution is 2.29. The zero-order valence-electron chi connectivity index (χ0n) is 15.1. The fourth-order valence-electron chi connectivity index (χ4n) is 2.23. The van der Waals surface area contributed by atoms with Crippen LogP contribution < -0.4 is 14.8 Å². The van der Waals surface area contributed by atoms with Crippen LogP contribution in [0, 0.1) is 0 Å². The molecule has 27 heavy (non-hydrogen) atoms. The van der Waals surface area contributed by atoms with E-state index in [1.165, 1.54) is 42.7 Å². The van der Waals surface area contributed by atoms with Crippen LogP contribution in [0.2, 0.25) is 0 Å². The van der Waals surface area contributed by atoms with E-state index in [9.17, 15) is 13.6 Å². The van der Waals surface area contributed by atoms with Gasteiger partial charge in [-0.1, -0.05) is 37.2 Å². The average molecular weight is 397 g/mol. The molecule has 0 saturated heterocycles. The number of hydrogen-bond acceptors (Lipinski definition) is 6. The fourth-order valence-corrected chi connectivity index (χ4v) is 3.02. The fraction of sp³-hybridized carbons (Fsp3) is 0.389. The van der Waals surface area contributed by atoms with Crippen molar-refractivity contribution < 1.29 is 23.0 Å². The Morgan fingerprint density at radius 3 is 2.81 bits per heavy atom. The Hall–Kier alpha value is -2.55. The quantitative estimate of drug-likeness (QED) is 0.471. The number of ether oxygens (including phenoxy) is 2. The van der Waals surface area contributed by atoms with Gasteiger partial charge in [0.2, 0.25) is 11.0 Å². The molecule has 0 aliphatic carbocycles. The Kier molecular flexibility index (Phi) is 8.12. The summed E-state index contributed by atoms with van der Waals surface area (Å²) >= 11 is 1.35. The maximum absolute atomic E-state index is 12.3. The van der Waals surface area contributed by atoms with Gasteiger partial charge in [0.1, 0.15) is 5.01 Å². The van der Waals surface area contributed by atoms with Crippen molar-refractivity contribution in [2.24, 2.45) is 0 Å². The molecule has 0 fully saturated rings. The standard InChI is InChI=1S/C18H21F2N3O3S/c1-3-4-5-6-16-22-23-18(27-16)21-15(24)10-8-12-7-9-13(26-17(19)20)14(11-12)25-2/h7-11,17H,3-6H2,1-2H3,(H,21,23,24)/b10-8+. The van der Waals surface area contributed by atoms with Crippen molar-refractivity contribution in [3.8, 4) is 11.5 Å². The molecule has 146 valence electrons. The SMILES string of the molecule is CCCCCc1nnc(NC(=O)/C=C/c2ccc(OC(F)F)c(OC)c2)s1. The van der Waals surface area contributed by atoms with Crippen LogP contribution in [0.3, 0.4) is 0 Å². The summed E-state index contributed by atoms with van der Waals surface area (Å²) in [6.45, 7) is -0.808. The van der Waals surface area contributed by atoms with E-state index in [2.05, 4.69) is 27.2 Å². The van der Waals surface area contributed by atoms with E-state index >= 15 is 0 Å². The van der Waals surface area contributed by atoms with Crippen molar-refractivity contribution in [2.75, 3.05) is 12.4 Å². The number of unbranched alkanes of at least 4 members (excludes halogenated alkanes) is 2. The zero-order valence-corrected chi connectivity index (χ0v) is 15.9. The first-order chi connectivity index (χ1) is 13.0. The second-order valence-electron chi connectivity index (χ2n) is 5.57. The number of aryl methyl sites for hydroxylation is 1. The van der Waals surface area contributed by atoms with Crippen molar-refractivity contribution >= 4 is 28.5 Å². The lowest BCUT2D eigenvalue weighted by Crippen LogP contribution is -2.07. The molecule has 1 amide bonds. The Balaban J connectivity index is 1.94. The molecular weight excluding hydrogens is 376 g/mol. The number of nitrogens with zero attached hydrogens (tertiary/aromatic N) is 2. The summed E-state index contributed by atoms with van der Waals surface area (Å²) in [5, 5.41) is 12.0. The number of nitrogens with one attached hydrogen (secondary N) is 1. The molecule has 9 heteroatoms. The number of carbonyl (C=O) groups is 1. The first-order valence-corrected chi connectivity index (χ1v) is 9.27. The third kappa shape index (κ3) is 6.93. The molecule has 0 spiro atoms. The van der Waals surface area contributed by atoms with Gasteiger partial charge in [-0.15, -0.1) is 10.2 Å². The predicted molar refractivity (Wildman–Crippen MR) is 100 cm³/mol. The minimum Gasteiger partial charge on any atom is -0.493 e. The molecule has 0 radical (unpaired) electrons. The van der Waals surface area contributed by atoms with Crippen LogP contribution >= 0.6 is 11.3 Å². The van der Waals surface area contributed by atoms with E-state index in [0.717, 1.165) is 30.7 Å². The molecule has 0 aliphatic heterocycles. The lowest BCUT2D eigenvalue weighted by Gasteiger charge is -2.10. The molecule has 0 unspecified atom stereocenters. The summed E-state index contributed by atoms with van der Waals surface area (Å²) in [4.78, 5) is 12.0. The van der Waals surface area contributed by atoms with Crippen LogP contribution in [0.1, 0.15) is 36.8 Å². The van der Waals surface area contributed by atoms with E-state index in [1.807, 2.05) is 0 Å². The predicted octanol–water partition coefficient (Wildman–Crippen LogP) is 4.53. The number of amides is 1. The van der Waals surface area contributed by atoms with Gasteiger partial charge in [0.05, 0.1) is 7.11 Å². The van der Waals surface area contributed by atoms with Gasteiger partial charge in [-0.3, -0.25) is 10.1 Å². The van der Waals surface area contributed by atoms with Crippen molar-refractivity contribution in [1.82, 2.24) is 10.2 Å². The van der Waals surface area contributed by atoms with Gasteiger partial charge >= 0.3 is 6.61 Å². The molecule has 6 nitrogen and oxygen atoms in total. The average Bonchev–Trinajstić information content (AvgIpc) is 3.07. The summed E-state index contributed by atoms with van der Waals surface area (Å²) in [6.07, 6.45) is 7.02. The van der Waals surface area contributed by atoms with E-state index < -0.39 is 6.61 Å². The normalized spacial score (nSPS) is 11.1. The molecule has 0 bridgehead atoms. The van der Waals surface area contributed by atoms with Gasteiger partial charge in [0.25, 0.3) is 0 Å². The topological polar surface area (TPSA) is 73.3 Å². The Bertz CT molecular complexity index is 781. The first kappa shape index (κ1) is 20.8. The number of hydrogen-bond donors (Lipinski definition) is 1. The highest BCUT2D eigenvalue weighted by molar-refractivity contribution is 7.15. The summed E-state index contributed by atoms with van der Waals surface area (Å²) in [5.41, 5.74) is 0.598.